The first-order valence-electron chi connectivity index (χ1n) is 5.50. The highest BCUT2D eigenvalue weighted by Crippen LogP contribution is 2.17. The summed E-state index contributed by atoms with van der Waals surface area (Å²) in [5.41, 5.74) is 2.77. The Bertz CT molecular complexity index is 600. The molecule has 0 saturated carbocycles. The van der Waals surface area contributed by atoms with Crippen LogP contribution in [0.5, 0.6) is 0 Å². The first-order valence-corrected chi connectivity index (χ1v) is 5.50. The number of hydrogen-bond donors (Lipinski definition) is 1. The van der Waals surface area contributed by atoms with Crippen molar-refractivity contribution in [1.82, 2.24) is 15.0 Å². The van der Waals surface area contributed by atoms with Gasteiger partial charge in [0.2, 0.25) is 0 Å². The molecule has 0 spiro atoms. The van der Waals surface area contributed by atoms with Gasteiger partial charge in [-0.25, -0.2) is 14.8 Å². The lowest BCUT2D eigenvalue weighted by Gasteiger charge is -2.07. The van der Waals surface area contributed by atoms with Crippen molar-refractivity contribution in [2.24, 2.45) is 0 Å². The fourth-order valence-electron chi connectivity index (χ4n) is 1.80. The van der Waals surface area contributed by atoms with Crippen LogP contribution in [0.2, 0.25) is 0 Å². The van der Waals surface area contributed by atoms with E-state index in [4.69, 9.17) is 5.11 Å². The number of carboxylic acids is 1. The van der Waals surface area contributed by atoms with E-state index in [1.807, 2.05) is 19.1 Å². The molecule has 0 aliphatic rings. The Morgan fingerprint density at radius 1 is 1.17 bits per heavy atom. The maximum Gasteiger partial charge on any atom is 0.339 e. The van der Waals surface area contributed by atoms with E-state index in [2.05, 4.69) is 15.0 Å². The molecule has 0 fully saturated rings. The van der Waals surface area contributed by atoms with Gasteiger partial charge in [-0.05, 0) is 38.5 Å². The van der Waals surface area contributed by atoms with Crippen LogP contribution in [0, 0.1) is 20.8 Å². The minimum Gasteiger partial charge on any atom is -0.478 e. The lowest BCUT2D eigenvalue weighted by Crippen LogP contribution is -2.08. The Hall–Kier alpha value is -2.30. The molecule has 0 unspecified atom stereocenters. The van der Waals surface area contributed by atoms with Crippen LogP contribution in [0.4, 0.5) is 0 Å². The third kappa shape index (κ3) is 2.20. The van der Waals surface area contributed by atoms with E-state index < -0.39 is 5.97 Å². The van der Waals surface area contributed by atoms with Crippen LogP contribution in [0.25, 0.3) is 11.5 Å². The SMILES string of the molecule is Cc1ccnc(-c2nc(C)c(C(=O)O)c(C)n2)c1. The molecule has 0 aliphatic carbocycles. The molecule has 0 bridgehead atoms. The van der Waals surface area contributed by atoms with E-state index in [0.717, 1.165) is 5.56 Å². The van der Waals surface area contributed by atoms with Crippen molar-refractivity contribution >= 4 is 5.97 Å². The number of aromatic carboxylic acids is 1. The number of hydrogen-bond acceptors (Lipinski definition) is 4. The van der Waals surface area contributed by atoms with Gasteiger partial charge in [0.1, 0.15) is 11.3 Å². The van der Waals surface area contributed by atoms with Crippen LogP contribution < -0.4 is 0 Å². The first kappa shape index (κ1) is 12.2. The topological polar surface area (TPSA) is 76.0 Å². The standard InChI is InChI=1S/C13H13N3O2/c1-7-4-5-14-10(6-7)12-15-8(2)11(13(17)18)9(3)16-12/h4-6H,1-3H3,(H,17,18). The average Bonchev–Trinajstić information content (AvgIpc) is 2.27. The Balaban J connectivity index is 2.58. The second-order valence-electron chi connectivity index (χ2n) is 4.12. The highest BCUT2D eigenvalue weighted by atomic mass is 16.4. The van der Waals surface area contributed by atoms with E-state index in [0.29, 0.717) is 22.9 Å². The predicted octanol–water partition coefficient (Wildman–Crippen LogP) is 2.16. The molecular formula is C13H13N3O2. The summed E-state index contributed by atoms with van der Waals surface area (Å²) >= 11 is 0. The second kappa shape index (κ2) is 4.52. The van der Waals surface area contributed by atoms with E-state index in [-0.39, 0.29) is 5.56 Å². The Labute approximate surface area is 105 Å². The smallest absolute Gasteiger partial charge is 0.339 e. The van der Waals surface area contributed by atoms with E-state index in [9.17, 15) is 4.79 Å². The Morgan fingerprint density at radius 2 is 1.78 bits per heavy atom. The summed E-state index contributed by atoms with van der Waals surface area (Å²) in [5.74, 6) is -0.549. The van der Waals surface area contributed by atoms with E-state index in [1.54, 1.807) is 20.0 Å². The van der Waals surface area contributed by atoms with Crippen LogP contribution in [0.15, 0.2) is 18.3 Å². The summed E-state index contributed by atoms with van der Waals surface area (Å²) in [4.78, 5) is 23.7. The van der Waals surface area contributed by atoms with Gasteiger partial charge in [-0.2, -0.15) is 0 Å². The predicted molar refractivity (Wildman–Crippen MR) is 66.4 cm³/mol. The van der Waals surface area contributed by atoms with Crippen molar-refractivity contribution in [3.05, 3.63) is 40.8 Å². The molecule has 0 amide bonds. The van der Waals surface area contributed by atoms with Crippen LogP contribution in [-0.4, -0.2) is 26.0 Å². The fourth-order valence-corrected chi connectivity index (χ4v) is 1.80. The summed E-state index contributed by atoms with van der Waals surface area (Å²) in [7, 11) is 0. The second-order valence-corrected chi connectivity index (χ2v) is 4.12. The first-order chi connectivity index (χ1) is 8.49. The molecule has 18 heavy (non-hydrogen) atoms. The molecule has 1 N–H and O–H groups in total. The molecule has 92 valence electrons. The maximum absolute atomic E-state index is 11.0. The third-order valence-electron chi connectivity index (χ3n) is 2.63. The van der Waals surface area contributed by atoms with Gasteiger partial charge < -0.3 is 5.11 Å². The summed E-state index contributed by atoms with van der Waals surface area (Å²) in [6.45, 7) is 5.28. The van der Waals surface area contributed by atoms with E-state index in [1.165, 1.54) is 0 Å². The molecule has 0 aliphatic heterocycles. The summed E-state index contributed by atoms with van der Waals surface area (Å²) in [5, 5.41) is 9.06. The van der Waals surface area contributed by atoms with Crippen molar-refractivity contribution in [3.8, 4) is 11.5 Å². The highest BCUT2D eigenvalue weighted by Gasteiger charge is 2.15. The highest BCUT2D eigenvalue weighted by molar-refractivity contribution is 5.90. The van der Waals surface area contributed by atoms with Crippen LogP contribution in [-0.2, 0) is 0 Å². The molecule has 2 aromatic heterocycles. The number of carboxylic acid groups (broad SMARTS) is 1. The molecule has 0 radical (unpaired) electrons. The number of rotatable bonds is 2. The van der Waals surface area contributed by atoms with Gasteiger partial charge in [0.05, 0.1) is 11.4 Å². The molecule has 0 aromatic carbocycles. The van der Waals surface area contributed by atoms with E-state index >= 15 is 0 Å². The van der Waals surface area contributed by atoms with Crippen molar-refractivity contribution in [1.29, 1.82) is 0 Å². The lowest BCUT2D eigenvalue weighted by molar-refractivity contribution is 0.0694. The fraction of sp³-hybridized carbons (Fsp3) is 0.231. The summed E-state index contributed by atoms with van der Waals surface area (Å²) in [6, 6.07) is 3.75. The lowest BCUT2D eigenvalue weighted by atomic mass is 10.1. The van der Waals surface area contributed by atoms with Gasteiger partial charge >= 0.3 is 5.97 Å². The summed E-state index contributed by atoms with van der Waals surface area (Å²) in [6.07, 6.45) is 1.68. The molecule has 2 heterocycles. The number of nitrogens with zero attached hydrogens (tertiary/aromatic N) is 3. The quantitative estimate of drug-likeness (QED) is 0.874. The maximum atomic E-state index is 11.0. The molecule has 2 rings (SSSR count). The summed E-state index contributed by atoms with van der Waals surface area (Å²) < 4.78 is 0. The van der Waals surface area contributed by atoms with Crippen LogP contribution in [0.3, 0.4) is 0 Å². The molecule has 0 atom stereocenters. The zero-order valence-corrected chi connectivity index (χ0v) is 10.4. The van der Waals surface area contributed by atoms with Gasteiger partial charge in [0.15, 0.2) is 5.82 Å². The van der Waals surface area contributed by atoms with Gasteiger partial charge in [0, 0.05) is 6.20 Å². The zero-order valence-electron chi connectivity index (χ0n) is 10.4. The van der Waals surface area contributed by atoms with Crippen molar-refractivity contribution < 1.29 is 9.90 Å². The third-order valence-corrected chi connectivity index (χ3v) is 2.63. The molecule has 5 heteroatoms. The number of pyridine rings is 1. The Kier molecular flexibility index (Phi) is 3.06. The monoisotopic (exact) mass is 243 g/mol. The molecule has 5 nitrogen and oxygen atoms in total. The van der Waals surface area contributed by atoms with Crippen molar-refractivity contribution in [3.63, 3.8) is 0 Å². The largest absolute Gasteiger partial charge is 0.478 e. The van der Waals surface area contributed by atoms with Gasteiger partial charge in [-0.3, -0.25) is 4.98 Å². The molecule has 2 aromatic rings. The van der Waals surface area contributed by atoms with Crippen LogP contribution >= 0.6 is 0 Å². The van der Waals surface area contributed by atoms with Crippen LogP contribution in [0.1, 0.15) is 27.3 Å². The average molecular weight is 243 g/mol. The number of carbonyl (C=O) groups is 1. The molecule has 0 saturated heterocycles. The van der Waals surface area contributed by atoms with Gasteiger partial charge in [-0.15, -0.1) is 0 Å². The minimum absolute atomic E-state index is 0.159. The van der Waals surface area contributed by atoms with Gasteiger partial charge in [0.25, 0.3) is 0 Å². The zero-order chi connectivity index (χ0) is 13.3. The number of aromatic nitrogens is 3. The normalized spacial score (nSPS) is 10.4. The minimum atomic E-state index is -1.01. The van der Waals surface area contributed by atoms with Crippen molar-refractivity contribution in [2.45, 2.75) is 20.8 Å². The number of aryl methyl sites for hydroxylation is 3. The molecular weight excluding hydrogens is 230 g/mol. The Morgan fingerprint density at radius 3 is 2.28 bits per heavy atom. The van der Waals surface area contributed by atoms with Crippen molar-refractivity contribution in [2.75, 3.05) is 0 Å². The van der Waals surface area contributed by atoms with Gasteiger partial charge in [-0.1, -0.05) is 0 Å².